The maximum absolute atomic E-state index is 4.32. The second-order valence-electron chi connectivity index (χ2n) is 4.09. The lowest BCUT2D eigenvalue weighted by Gasteiger charge is -2.39. The van der Waals surface area contributed by atoms with Crippen molar-refractivity contribution in [1.82, 2.24) is 9.80 Å². The number of hydrogen-bond donors (Lipinski definition) is 0. The van der Waals surface area contributed by atoms with Crippen LogP contribution in [0.15, 0.2) is 17.3 Å². The quantitative estimate of drug-likeness (QED) is 0.666. The van der Waals surface area contributed by atoms with Gasteiger partial charge in [0.15, 0.2) is 0 Å². The van der Waals surface area contributed by atoms with Gasteiger partial charge in [0.2, 0.25) is 0 Å². The van der Waals surface area contributed by atoms with Gasteiger partial charge < -0.3 is 4.90 Å². The molecule has 0 radical (unpaired) electrons. The molecule has 14 heavy (non-hydrogen) atoms. The molecule has 0 aliphatic carbocycles. The van der Waals surface area contributed by atoms with E-state index >= 15 is 0 Å². The molecule has 1 saturated heterocycles. The molecule has 0 spiro atoms. The fourth-order valence-corrected chi connectivity index (χ4v) is 1.75. The zero-order valence-corrected chi connectivity index (χ0v) is 9.75. The Labute approximate surface area is 87.1 Å². The van der Waals surface area contributed by atoms with Crippen LogP contribution >= 0.6 is 0 Å². The molecule has 80 valence electrons. The number of aliphatic imine (C=N–C) groups is 1. The minimum atomic E-state index is 0.596. The van der Waals surface area contributed by atoms with Gasteiger partial charge in [-0.2, -0.15) is 0 Å². The highest BCUT2D eigenvalue weighted by Gasteiger charge is 2.23. The van der Waals surface area contributed by atoms with Crippen molar-refractivity contribution >= 4 is 5.84 Å². The highest BCUT2D eigenvalue weighted by atomic mass is 15.3. The Bertz CT molecular complexity index is 243. The summed E-state index contributed by atoms with van der Waals surface area (Å²) in [5.74, 6) is 1.14. The Morgan fingerprint density at radius 1 is 1.43 bits per heavy atom. The summed E-state index contributed by atoms with van der Waals surface area (Å²) >= 11 is 0. The summed E-state index contributed by atoms with van der Waals surface area (Å²) in [6.07, 6.45) is 0. The van der Waals surface area contributed by atoms with Crippen LogP contribution in [0.4, 0.5) is 0 Å². The molecule has 0 amide bonds. The summed E-state index contributed by atoms with van der Waals surface area (Å²) in [4.78, 5) is 8.96. The third-order valence-corrected chi connectivity index (χ3v) is 2.72. The molecular formula is C11H21N3. The van der Waals surface area contributed by atoms with Gasteiger partial charge in [-0.15, -0.1) is 0 Å². The van der Waals surface area contributed by atoms with Crippen LogP contribution < -0.4 is 0 Å². The molecule has 3 nitrogen and oxygen atoms in total. The van der Waals surface area contributed by atoms with Crippen LogP contribution in [0.5, 0.6) is 0 Å². The highest BCUT2D eigenvalue weighted by Crippen LogP contribution is 2.12. The fraction of sp³-hybridized carbons (Fsp3) is 0.727. The van der Waals surface area contributed by atoms with Gasteiger partial charge in [-0.05, 0) is 20.8 Å². The predicted octanol–water partition coefficient (Wildman–Crippen LogP) is 1.57. The number of amidine groups is 1. The van der Waals surface area contributed by atoms with Crippen molar-refractivity contribution < 1.29 is 0 Å². The van der Waals surface area contributed by atoms with Crippen molar-refractivity contribution in [2.24, 2.45) is 4.99 Å². The zero-order valence-electron chi connectivity index (χ0n) is 9.75. The minimum absolute atomic E-state index is 0.596. The first-order chi connectivity index (χ1) is 6.56. The van der Waals surface area contributed by atoms with Crippen molar-refractivity contribution in [3.63, 3.8) is 0 Å². The van der Waals surface area contributed by atoms with Crippen LogP contribution in [-0.2, 0) is 0 Å². The normalized spacial score (nSPS) is 22.1. The van der Waals surface area contributed by atoms with Gasteiger partial charge >= 0.3 is 0 Å². The van der Waals surface area contributed by atoms with Gasteiger partial charge in [0, 0.05) is 31.9 Å². The van der Waals surface area contributed by atoms with Gasteiger partial charge in [0.25, 0.3) is 0 Å². The molecule has 0 aromatic carbocycles. The number of piperazine rings is 1. The van der Waals surface area contributed by atoms with Crippen molar-refractivity contribution in [2.75, 3.05) is 26.7 Å². The number of hydrogen-bond acceptors (Lipinski definition) is 2. The fourth-order valence-electron chi connectivity index (χ4n) is 1.75. The molecule has 0 saturated carbocycles. The van der Waals surface area contributed by atoms with E-state index in [2.05, 4.69) is 35.2 Å². The van der Waals surface area contributed by atoms with Crippen molar-refractivity contribution in [1.29, 1.82) is 0 Å². The standard InChI is InChI=1S/C11H21N3/c1-9(2)13-6-7-14(10(3)4)11(8-13)12-5/h9H,3,6-8H2,1-2,4-5H3. The monoisotopic (exact) mass is 195 g/mol. The summed E-state index contributed by atoms with van der Waals surface area (Å²) in [5.41, 5.74) is 1.09. The second kappa shape index (κ2) is 4.60. The van der Waals surface area contributed by atoms with Crippen LogP contribution in [0, 0.1) is 0 Å². The van der Waals surface area contributed by atoms with Crippen LogP contribution in [-0.4, -0.2) is 48.4 Å². The molecule has 0 atom stereocenters. The molecule has 0 aromatic heterocycles. The van der Waals surface area contributed by atoms with E-state index in [9.17, 15) is 0 Å². The Morgan fingerprint density at radius 3 is 2.50 bits per heavy atom. The second-order valence-corrected chi connectivity index (χ2v) is 4.09. The molecular weight excluding hydrogens is 174 g/mol. The zero-order chi connectivity index (χ0) is 10.7. The number of nitrogens with zero attached hydrogens (tertiary/aromatic N) is 3. The van der Waals surface area contributed by atoms with Crippen LogP contribution in [0.25, 0.3) is 0 Å². The summed E-state index contributed by atoms with van der Waals surface area (Å²) in [5, 5.41) is 0. The van der Waals surface area contributed by atoms with Crippen LogP contribution in [0.3, 0.4) is 0 Å². The first-order valence-corrected chi connectivity index (χ1v) is 5.19. The van der Waals surface area contributed by atoms with Gasteiger partial charge in [-0.25, -0.2) is 0 Å². The van der Waals surface area contributed by atoms with E-state index in [0.29, 0.717) is 6.04 Å². The number of allylic oxidation sites excluding steroid dienone is 1. The molecule has 1 rings (SSSR count). The number of rotatable bonds is 2. The maximum atomic E-state index is 4.32. The Morgan fingerprint density at radius 2 is 2.07 bits per heavy atom. The van der Waals surface area contributed by atoms with E-state index in [-0.39, 0.29) is 0 Å². The van der Waals surface area contributed by atoms with Gasteiger partial charge in [-0.3, -0.25) is 9.89 Å². The predicted molar refractivity (Wildman–Crippen MR) is 61.6 cm³/mol. The van der Waals surface area contributed by atoms with E-state index in [0.717, 1.165) is 31.2 Å². The van der Waals surface area contributed by atoms with Crippen molar-refractivity contribution in [3.8, 4) is 0 Å². The molecule has 0 unspecified atom stereocenters. The van der Waals surface area contributed by atoms with Crippen molar-refractivity contribution in [3.05, 3.63) is 12.3 Å². The first-order valence-electron chi connectivity index (χ1n) is 5.19. The lowest BCUT2D eigenvalue weighted by Crippen LogP contribution is -2.51. The van der Waals surface area contributed by atoms with Crippen LogP contribution in [0.2, 0.25) is 0 Å². The molecule has 1 aliphatic rings. The Kier molecular flexibility index (Phi) is 3.69. The molecule has 1 heterocycles. The molecule has 1 aliphatic heterocycles. The molecule has 3 heteroatoms. The van der Waals surface area contributed by atoms with E-state index in [1.165, 1.54) is 0 Å². The molecule has 1 fully saturated rings. The van der Waals surface area contributed by atoms with Gasteiger partial charge in [0.1, 0.15) is 5.84 Å². The average Bonchev–Trinajstić information content (AvgIpc) is 2.16. The smallest absolute Gasteiger partial charge is 0.117 e. The summed E-state index contributed by atoms with van der Waals surface area (Å²) < 4.78 is 0. The van der Waals surface area contributed by atoms with Crippen LogP contribution in [0.1, 0.15) is 20.8 Å². The summed E-state index contributed by atoms with van der Waals surface area (Å²) in [6, 6.07) is 0.596. The Balaban J connectivity index is 2.69. The summed E-state index contributed by atoms with van der Waals surface area (Å²) in [7, 11) is 1.86. The van der Waals surface area contributed by atoms with E-state index in [1.54, 1.807) is 0 Å². The third-order valence-electron chi connectivity index (χ3n) is 2.72. The molecule has 0 bridgehead atoms. The SMILES string of the molecule is C=C(C)N1CCN(C(C)C)CC1=NC. The highest BCUT2D eigenvalue weighted by molar-refractivity contribution is 5.86. The maximum Gasteiger partial charge on any atom is 0.117 e. The van der Waals surface area contributed by atoms with Gasteiger partial charge in [-0.1, -0.05) is 6.58 Å². The van der Waals surface area contributed by atoms with E-state index in [4.69, 9.17) is 0 Å². The lowest BCUT2D eigenvalue weighted by molar-refractivity contribution is 0.206. The first kappa shape index (κ1) is 11.2. The minimum Gasteiger partial charge on any atom is -0.332 e. The van der Waals surface area contributed by atoms with E-state index in [1.807, 2.05) is 14.0 Å². The largest absolute Gasteiger partial charge is 0.332 e. The molecule has 0 N–H and O–H groups in total. The topological polar surface area (TPSA) is 18.8 Å². The van der Waals surface area contributed by atoms with E-state index < -0.39 is 0 Å². The summed E-state index contributed by atoms with van der Waals surface area (Å²) in [6.45, 7) is 13.5. The average molecular weight is 195 g/mol. The third kappa shape index (κ3) is 2.35. The van der Waals surface area contributed by atoms with Gasteiger partial charge in [0.05, 0.1) is 6.54 Å². The van der Waals surface area contributed by atoms with Crippen molar-refractivity contribution in [2.45, 2.75) is 26.8 Å². The Hall–Kier alpha value is -0.830. The molecule has 0 aromatic rings. The lowest BCUT2D eigenvalue weighted by atomic mass is 10.2.